The van der Waals surface area contributed by atoms with Crippen molar-refractivity contribution in [3.8, 4) is 0 Å². The van der Waals surface area contributed by atoms with Crippen molar-refractivity contribution in [3.63, 3.8) is 0 Å². The van der Waals surface area contributed by atoms with E-state index in [1.54, 1.807) is 0 Å². The van der Waals surface area contributed by atoms with Gasteiger partial charge in [0, 0.05) is 0 Å². The summed E-state index contributed by atoms with van der Waals surface area (Å²) in [7, 11) is 0. The molecule has 0 aliphatic heterocycles. The molecule has 0 saturated heterocycles. The summed E-state index contributed by atoms with van der Waals surface area (Å²) in [5, 5.41) is 1.30. The van der Waals surface area contributed by atoms with Crippen LogP contribution in [0.3, 0.4) is 0 Å². The van der Waals surface area contributed by atoms with Gasteiger partial charge >= 0.3 is 93.9 Å². The van der Waals surface area contributed by atoms with Crippen molar-refractivity contribution in [2.24, 2.45) is 0 Å². The van der Waals surface area contributed by atoms with Crippen LogP contribution in [0.25, 0.3) is 0 Å². The second kappa shape index (κ2) is 24.6. The third kappa shape index (κ3) is 24.6. The number of unbranched alkanes of at least 4 members (excludes halogenated alkanes) is 21. The van der Waals surface area contributed by atoms with Gasteiger partial charge in [-0.2, -0.15) is 0 Å². The topological polar surface area (TPSA) is 0 Å². The van der Waals surface area contributed by atoms with E-state index in [1.807, 2.05) is 0 Å². The van der Waals surface area contributed by atoms with Crippen molar-refractivity contribution in [1.29, 1.82) is 0 Å². The summed E-state index contributed by atoms with van der Waals surface area (Å²) in [4.78, 5) is 0. The van der Waals surface area contributed by atoms with E-state index in [1.165, 1.54) is 146 Å². The molecule has 0 fully saturated rings. The molecule has 0 aromatic carbocycles. The first-order valence-corrected chi connectivity index (χ1v) is 13.2. The average molecular weight is 439 g/mol. The van der Waals surface area contributed by atoms with Crippen LogP contribution in [-0.2, 0) is 18.3 Å². The first-order chi connectivity index (χ1) is 12.4. The maximum absolute atomic E-state index is 2.75. The van der Waals surface area contributed by atoms with E-state index in [0.717, 1.165) is 0 Å². The molecule has 25 heavy (non-hydrogen) atoms. The Hall–Kier alpha value is 0.623. The molecule has 153 valence electrons. The zero-order valence-corrected chi connectivity index (χ0v) is 19.4. The monoisotopic (exact) mass is 439 g/mol. The Labute approximate surface area is 171 Å². The molecule has 0 radical (unpaired) electrons. The number of hydrogen-bond donors (Lipinski definition) is 0. The van der Waals surface area contributed by atoms with Crippen molar-refractivity contribution < 1.29 is 18.3 Å². The minimum absolute atomic E-state index is 1.30. The van der Waals surface area contributed by atoms with Crippen molar-refractivity contribution in [2.75, 3.05) is 0 Å². The third-order valence-corrected chi connectivity index (χ3v) is 6.09. The van der Waals surface area contributed by atoms with Gasteiger partial charge in [-0.3, -0.25) is 0 Å². The normalized spacial score (nSPS) is 11.3. The van der Waals surface area contributed by atoms with Crippen LogP contribution in [0.5, 0.6) is 0 Å². The van der Waals surface area contributed by atoms with E-state index in [-0.39, 0.29) is 0 Å². The molecular weight excluding hydrogens is 389 g/mol. The van der Waals surface area contributed by atoms with Crippen LogP contribution in [0.1, 0.15) is 148 Å². The van der Waals surface area contributed by atoms with Crippen LogP contribution in [-0.4, -0.2) is 0 Å². The molecule has 0 heterocycles. The fraction of sp³-hybridized carbons (Fsp3) is 1.00. The second-order valence-corrected chi connectivity index (χ2v) is 8.97. The molecule has 0 nitrogen and oxygen atoms in total. The molecule has 0 aliphatic rings. The van der Waals surface area contributed by atoms with E-state index in [2.05, 4.69) is 25.2 Å². The van der Waals surface area contributed by atoms with Crippen LogP contribution in [0.15, 0.2) is 0 Å². The molecule has 0 aromatic rings. The van der Waals surface area contributed by atoms with Gasteiger partial charge in [-0.15, -0.1) is 0 Å². The summed E-state index contributed by atoms with van der Waals surface area (Å²) in [6.45, 7) is 2.30. The average Bonchev–Trinajstić information content (AvgIpc) is 2.63. The van der Waals surface area contributed by atoms with Gasteiger partial charge in [0.2, 0.25) is 0 Å². The van der Waals surface area contributed by atoms with E-state index in [9.17, 15) is 0 Å². The molecular formula is C24H49Ru. The Morgan fingerprint density at radius 2 is 0.520 bits per heavy atom. The van der Waals surface area contributed by atoms with Crippen molar-refractivity contribution in [1.82, 2.24) is 0 Å². The Balaban J connectivity index is 2.94. The van der Waals surface area contributed by atoms with E-state index in [4.69, 9.17) is 0 Å². The molecule has 0 bridgehead atoms. The van der Waals surface area contributed by atoms with Crippen LogP contribution < -0.4 is 0 Å². The summed E-state index contributed by atoms with van der Waals surface area (Å²) in [6.07, 6.45) is 32.4. The standard InChI is InChI=1S/C24H49.Ru/c1-3-5-7-9-11-13-15-17-19-21-23-24-22-20-18-16-14-12-10-8-6-4-2;/h1,3-24H2,2H3;. The summed E-state index contributed by atoms with van der Waals surface area (Å²) >= 11 is 2.75. The summed E-state index contributed by atoms with van der Waals surface area (Å²) in [6, 6.07) is 0. The second-order valence-electron chi connectivity index (χ2n) is 8.10. The first kappa shape index (κ1) is 25.6. The third-order valence-electron chi connectivity index (χ3n) is 5.48. The van der Waals surface area contributed by atoms with Crippen LogP contribution in [0, 0.1) is 0 Å². The van der Waals surface area contributed by atoms with Gasteiger partial charge in [0.1, 0.15) is 0 Å². The molecule has 0 rings (SSSR count). The zero-order valence-electron chi connectivity index (χ0n) is 17.6. The molecule has 0 N–H and O–H groups in total. The maximum atomic E-state index is 2.75. The van der Waals surface area contributed by atoms with Gasteiger partial charge in [-0.25, -0.2) is 0 Å². The Morgan fingerprint density at radius 3 is 0.720 bits per heavy atom. The predicted molar refractivity (Wildman–Crippen MR) is 112 cm³/mol. The molecule has 0 spiro atoms. The number of hydrogen-bond acceptors (Lipinski definition) is 0. The fourth-order valence-corrected chi connectivity index (χ4v) is 4.13. The summed E-state index contributed by atoms with van der Waals surface area (Å²) < 4.78 is 0. The number of rotatable bonds is 22. The van der Waals surface area contributed by atoms with Crippen LogP contribution in [0.4, 0.5) is 0 Å². The van der Waals surface area contributed by atoms with E-state index < -0.39 is 0 Å². The minimum atomic E-state index is 1.30. The quantitative estimate of drug-likeness (QED) is 0.117. The van der Waals surface area contributed by atoms with Crippen molar-refractivity contribution >= 4 is 0 Å². The van der Waals surface area contributed by atoms with Gasteiger partial charge in [0.25, 0.3) is 0 Å². The van der Waals surface area contributed by atoms with E-state index >= 15 is 0 Å². The van der Waals surface area contributed by atoms with Gasteiger partial charge < -0.3 is 0 Å². The molecule has 0 saturated carbocycles. The predicted octanol–water partition coefficient (Wildman–Crippen LogP) is 9.55. The molecule has 0 aliphatic carbocycles. The Bertz CT molecular complexity index is 192. The van der Waals surface area contributed by atoms with Crippen LogP contribution >= 0.6 is 0 Å². The van der Waals surface area contributed by atoms with Crippen molar-refractivity contribution in [3.05, 3.63) is 0 Å². The van der Waals surface area contributed by atoms with Crippen molar-refractivity contribution in [2.45, 2.75) is 153 Å². The van der Waals surface area contributed by atoms with Gasteiger partial charge in [-0.05, 0) is 0 Å². The molecule has 0 atom stereocenters. The SMILES string of the molecule is CCCCCCCCCCCCCCCCCCCCCCC[CH2][Ru]. The Kier molecular flexibility index (Phi) is 25.2. The zero-order chi connectivity index (χ0) is 18.3. The molecule has 0 amide bonds. The van der Waals surface area contributed by atoms with Gasteiger partial charge in [0.05, 0.1) is 0 Å². The van der Waals surface area contributed by atoms with Crippen LogP contribution in [0.2, 0.25) is 5.02 Å². The van der Waals surface area contributed by atoms with Gasteiger partial charge in [-0.1, -0.05) is 77.6 Å². The first-order valence-electron chi connectivity index (χ1n) is 12.0. The Morgan fingerprint density at radius 1 is 0.320 bits per heavy atom. The molecule has 0 aromatic heterocycles. The summed E-state index contributed by atoms with van der Waals surface area (Å²) in [5.74, 6) is 0. The van der Waals surface area contributed by atoms with E-state index in [0.29, 0.717) is 0 Å². The molecule has 0 unspecified atom stereocenters. The molecule has 1 heteroatoms. The van der Waals surface area contributed by atoms with Gasteiger partial charge in [0.15, 0.2) is 0 Å². The summed E-state index contributed by atoms with van der Waals surface area (Å²) in [5.41, 5.74) is 0. The fourth-order valence-electron chi connectivity index (χ4n) is 3.70.